The molecule has 0 aliphatic heterocycles. The highest BCUT2D eigenvalue weighted by Gasteiger charge is 2.16. The Kier molecular flexibility index (Phi) is 6.72. The van der Waals surface area contributed by atoms with E-state index in [1.54, 1.807) is 18.2 Å². The average Bonchev–Trinajstić information content (AvgIpc) is 3.04. The number of aromatic nitrogens is 1. The zero-order chi connectivity index (χ0) is 20.8. The topological polar surface area (TPSA) is 81.4 Å². The van der Waals surface area contributed by atoms with Gasteiger partial charge in [0.2, 0.25) is 0 Å². The predicted octanol–water partition coefficient (Wildman–Crippen LogP) is 4.69. The fourth-order valence-corrected chi connectivity index (χ4v) is 3.92. The number of anilines is 1. The van der Waals surface area contributed by atoms with Crippen molar-refractivity contribution in [1.29, 1.82) is 0 Å². The largest absolute Gasteiger partial charge is 0.452 e. The maximum absolute atomic E-state index is 12.5. The Morgan fingerprint density at radius 3 is 2.52 bits per heavy atom. The molecule has 3 aromatic rings. The van der Waals surface area contributed by atoms with E-state index in [-0.39, 0.29) is 12.5 Å². The van der Waals surface area contributed by atoms with Crippen molar-refractivity contribution in [3.8, 4) is 0 Å². The molecule has 2 aromatic carbocycles. The number of para-hydroxylation sites is 1. The zero-order valence-electron chi connectivity index (χ0n) is 16.5. The first-order valence-electron chi connectivity index (χ1n) is 9.12. The van der Waals surface area contributed by atoms with E-state index >= 15 is 0 Å². The first-order valence-corrected chi connectivity index (χ1v) is 10.1. The summed E-state index contributed by atoms with van der Waals surface area (Å²) >= 11 is 1.50. The van der Waals surface area contributed by atoms with Gasteiger partial charge in [-0.15, -0.1) is 11.8 Å². The van der Waals surface area contributed by atoms with E-state index in [2.05, 4.69) is 10.5 Å². The molecule has 0 saturated heterocycles. The van der Waals surface area contributed by atoms with Crippen molar-refractivity contribution in [2.24, 2.45) is 0 Å². The summed E-state index contributed by atoms with van der Waals surface area (Å²) in [5.74, 6) is 0.474. The fraction of sp³-hybridized carbons (Fsp3) is 0.227. The average molecular weight is 410 g/mol. The number of hydrogen-bond acceptors (Lipinski definition) is 6. The van der Waals surface area contributed by atoms with Crippen molar-refractivity contribution >= 4 is 29.3 Å². The van der Waals surface area contributed by atoms with Gasteiger partial charge >= 0.3 is 5.97 Å². The van der Waals surface area contributed by atoms with Crippen LogP contribution in [0.2, 0.25) is 0 Å². The van der Waals surface area contributed by atoms with Crippen LogP contribution < -0.4 is 5.32 Å². The number of nitrogens with one attached hydrogen (secondary N) is 1. The van der Waals surface area contributed by atoms with Crippen molar-refractivity contribution in [3.63, 3.8) is 0 Å². The number of thioether (sulfide) groups is 1. The van der Waals surface area contributed by atoms with Crippen molar-refractivity contribution in [2.75, 3.05) is 11.9 Å². The summed E-state index contributed by atoms with van der Waals surface area (Å²) < 4.78 is 10.4. The third-order valence-corrected chi connectivity index (χ3v) is 5.51. The number of hydrogen-bond donors (Lipinski definition) is 1. The summed E-state index contributed by atoms with van der Waals surface area (Å²) in [7, 11) is 0. The summed E-state index contributed by atoms with van der Waals surface area (Å²) in [6.07, 6.45) is 0. The Bertz CT molecular complexity index is 1010. The SMILES string of the molecule is Cc1ccccc1NC(=O)COC(=O)c1ccccc1SCc1c(C)noc1C. The van der Waals surface area contributed by atoms with Gasteiger partial charge in [-0.05, 0) is 44.5 Å². The molecule has 7 heteroatoms. The third-order valence-electron chi connectivity index (χ3n) is 4.41. The van der Waals surface area contributed by atoms with E-state index in [1.165, 1.54) is 11.8 Å². The lowest BCUT2D eigenvalue weighted by Crippen LogP contribution is -2.21. The minimum Gasteiger partial charge on any atom is -0.452 e. The van der Waals surface area contributed by atoms with Crippen LogP contribution in [0.5, 0.6) is 0 Å². The standard InChI is InChI=1S/C22H22N2O4S/c1-14-8-4-6-10-19(14)23-21(25)12-27-22(26)17-9-5-7-11-20(17)29-13-18-15(2)24-28-16(18)3/h4-11H,12-13H2,1-3H3,(H,23,25). The summed E-state index contributed by atoms with van der Waals surface area (Å²) in [4.78, 5) is 25.4. The summed E-state index contributed by atoms with van der Waals surface area (Å²) in [6.45, 7) is 5.30. The van der Waals surface area contributed by atoms with Gasteiger partial charge in [-0.2, -0.15) is 0 Å². The highest BCUT2D eigenvalue weighted by Crippen LogP contribution is 2.29. The normalized spacial score (nSPS) is 10.6. The van der Waals surface area contributed by atoms with Gasteiger partial charge in [0.15, 0.2) is 6.61 Å². The molecule has 0 aliphatic carbocycles. The minimum atomic E-state index is -0.535. The van der Waals surface area contributed by atoms with Crippen molar-refractivity contribution < 1.29 is 18.8 Å². The molecule has 0 unspecified atom stereocenters. The number of aryl methyl sites for hydroxylation is 3. The lowest BCUT2D eigenvalue weighted by atomic mass is 10.2. The molecule has 6 nitrogen and oxygen atoms in total. The molecular formula is C22H22N2O4S. The van der Waals surface area contributed by atoms with Crippen molar-refractivity contribution in [2.45, 2.75) is 31.4 Å². The van der Waals surface area contributed by atoms with Crippen LogP contribution in [-0.4, -0.2) is 23.6 Å². The number of carbonyl (C=O) groups excluding carboxylic acids is 2. The second-order valence-corrected chi connectivity index (χ2v) is 7.54. The number of ether oxygens (including phenoxy) is 1. The first kappa shape index (κ1) is 20.7. The van der Waals surface area contributed by atoms with Gasteiger partial charge in [-0.1, -0.05) is 35.5 Å². The maximum atomic E-state index is 12.5. The van der Waals surface area contributed by atoms with Crippen LogP contribution in [0.25, 0.3) is 0 Å². The Balaban J connectivity index is 1.61. The fourth-order valence-electron chi connectivity index (χ4n) is 2.73. The molecule has 1 heterocycles. The molecule has 3 rings (SSSR count). The van der Waals surface area contributed by atoms with Crippen LogP contribution in [0.4, 0.5) is 5.69 Å². The number of carbonyl (C=O) groups is 2. The number of nitrogens with zero attached hydrogens (tertiary/aromatic N) is 1. The van der Waals surface area contributed by atoms with E-state index in [1.807, 2.05) is 51.1 Å². The predicted molar refractivity (Wildman–Crippen MR) is 112 cm³/mol. The molecular weight excluding hydrogens is 388 g/mol. The molecule has 1 amide bonds. The molecule has 0 radical (unpaired) electrons. The van der Waals surface area contributed by atoms with Crippen LogP contribution in [0.3, 0.4) is 0 Å². The highest BCUT2D eigenvalue weighted by atomic mass is 32.2. The molecule has 0 aliphatic rings. The highest BCUT2D eigenvalue weighted by molar-refractivity contribution is 7.98. The smallest absolute Gasteiger partial charge is 0.339 e. The molecule has 29 heavy (non-hydrogen) atoms. The van der Waals surface area contributed by atoms with E-state index < -0.39 is 5.97 Å². The molecule has 0 spiro atoms. The summed E-state index contributed by atoms with van der Waals surface area (Å²) in [5, 5.41) is 6.70. The summed E-state index contributed by atoms with van der Waals surface area (Å²) in [6, 6.07) is 14.6. The van der Waals surface area contributed by atoms with Gasteiger partial charge < -0.3 is 14.6 Å². The zero-order valence-corrected chi connectivity index (χ0v) is 17.3. The lowest BCUT2D eigenvalue weighted by molar-refractivity contribution is -0.119. The van der Waals surface area contributed by atoms with Crippen molar-refractivity contribution in [1.82, 2.24) is 5.16 Å². The number of rotatable bonds is 7. The summed E-state index contributed by atoms with van der Waals surface area (Å²) in [5.41, 5.74) is 3.91. The third kappa shape index (κ3) is 5.26. The van der Waals surface area contributed by atoms with E-state index in [0.29, 0.717) is 17.0 Å². The van der Waals surface area contributed by atoms with Gasteiger partial charge in [-0.3, -0.25) is 4.79 Å². The minimum absolute atomic E-state index is 0.351. The van der Waals surface area contributed by atoms with Crippen LogP contribution in [0, 0.1) is 20.8 Å². The van der Waals surface area contributed by atoms with Gasteiger partial charge in [0, 0.05) is 21.9 Å². The van der Waals surface area contributed by atoms with E-state index in [0.717, 1.165) is 27.5 Å². The van der Waals surface area contributed by atoms with Gasteiger partial charge in [-0.25, -0.2) is 4.79 Å². The van der Waals surface area contributed by atoms with Crippen LogP contribution in [0.1, 0.15) is 32.9 Å². The van der Waals surface area contributed by atoms with Gasteiger partial charge in [0.05, 0.1) is 11.3 Å². The Morgan fingerprint density at radius 2 is 1.79 bits per heavy atom. The molecule has 1 N–H and O–H groups in total. The Labute approximate surface area is 173 Å². The molecule has 0 atom stereocenters. The number of esters is 1. The Hall–Kier alpha value is -3.06. The molecule has 1 aromatic heterocycles. The monoisotopic (exact) mass is 410 g/mol. The van der Waals surface area contributed by atoms with Crippen LogP contribution in [-0.2, 0) is 15.3 Å². The second kappa shape index (κ2) is 9.43. The van der Waals surface area contributed by atoms with Crippen LogP contribution >= 0.6 is 11.8 Å². The number of benzene rings is 2. The molecule has 0 saturated carbocycles. The second-order valence-electron chi connectivity index (χ2n) is 6.53. The Morgan fingerprint density at radius 1 is 1.07 bits per heavy atom. The lowest BCUT2D eigenvalue weighted by Gasteiger charge is -2.10. The number of amides is 1. The molecule has 0 fully saturated rings. The quantitative estimate of drug-likeness (QED) is 0.450. The first-order chi connectivity index (χ1) is 14.0. The molecule has 150 valence electrons. The van der Waals surface area contributed by atoms with E-state index in [9.17, 15) is 9.59 Å². The molecule has 0 bridgehead atoms. The maximum Gasteiger partial charge on any atom is 0.339 e. The van der Waals surface area contributed by atoms with Gasteiger partial charge in [0.1, 0.15) is 5.76 Å². The van der Waals surface area contributed by atoms with Gasteiger partial charge in [0.25, 0.3) is 5.91 Å². The van der Waals surface area contributed by atoms with Crippen LogP contribution in [0.15, 0.2) is 57.9 Å². The van der Waals surface area contributed by atoms with E-state index in [4.69, 9.17) is 9.26 Å². The van der Waals surface area contributed by atoms with Crippen molar-refractivity contribution in [3.05, 3.63) is 76.7 Å².